The molecule has 2 fully saturated rings. The molecule has 1 saturated carbocycles. The summed E-state index contributed by atoms with van der Waals surface area (Å²) < 4.78 is 32.2. The maximum atomic E-state index is 12.9. The van der Waals surface area contributed by atoms with Crippen molar-refractivity contribution in [1.82, 2.24) is 14.9 Å². The van der Waals surface area contributed by atoms with Crippen LogP contribution in [-0.2, 0) is 19.6 Å². The van der Waals surface area contributed by atoms with E-state index in [1.807, 2.05) is 0 Å². The number of rotatable bonds is 8. The summed E-state index contributed by atoms with van der Waals surface area (Å²) in [7, 11) is -2.14. The Balaban J connectivity index is 1.53. The average Bonchev–Trinajstić information content (AvgIpc) is 3.52. The maximum Gasteiger partial charge on any atom is 0.243 e. The van der Waals surface area contributed by atoms with Crippen molar-refractivity contribution in [1.29, 1.82) is 0 Å². The van der Waals surface area contributed by atoms with Crippen LogP contribution in [0.2, 0.25) is 0 Å². The third-order valence-electron chi connectivity index (χ3n) is 5.05. The number of nitrogens with one attached hydrogen (secondary N) is 2. The Morgan fingerprint density at radius 1 is 1.18 bits per heavy atom. The third kappa shape index (κ3) is 5.23. The fraction of sp³-hybridized carbons (Fsp3) is 0.579. The molecule has 3 rings (SSSR count). The van der Waals surface area contributed by atoms with Crippen molar-refractivity contribution < 1.29 is 22.7 Å². The topological polar surface area (TPSA) is 105 Å². The van der Waals surface area contributed by atoms with E-state index in [-0.39, 0.29) is 36.2 Å². The number of hydrogen-bond donors (Lipinski definition) is 2. The summed E-state index contributed by atoms with van der Waals surface area (Å²) in [6.07, 6.45) is 3.55. The molecule has 1 atom stereocenters. The Morgan fingerprint density at radius 2 is 1.89 bits per heavy atom. The molecule has 0 unspecified atom stereocenters. The molecule has 1 aromatic rings. The minimum atomic E-state index is -3.66. The number of ether oxygens (including phenoxy) is 1. The lowest BCUT2D eigenvalue weighted by Gasteiger charge is -2.31. The van der Waals surface area contributed by atoms with E-state index < -0.39 is 15.9 Å². The fourth-order valence-electron chi connectivity index (χ4n) is 3.24. The minimum Gasteiger partial charge on any atom is -0.497 e. The molecule has 9 heteroatoms. The quantitative estimate of drug-likeness (QED) is 0.663. The Morgan fingerprint density at radius 3 is 2.54 bits per heavy atom. The first-order chi connectivity index (χ1) is 13.4. The lowest BCUT2D eigenvalue weighted by molar-refractivity contribution is -0.126. The zero-order valence-corrected chi connectivity index (χ0v) is 16.8. The number of nitrogens with zero attached hydrogens (tertiary/aromatic N) is 1. The van der Waals surface area contributed by atoms with E-state index in [0.29, 0.717) is 31.2 Å². The monoisotopic (exact) mass is 409 g/mol. The van der Waals surface area contributed by atoms with Gasteiger partial charge in [-0.05, 0) is 49.9 Å². The van der Waals surface area contributed by atoms with Crippen LogP contribution < -0.4 is 15.4 Å². The summed E-state index contributed by atoms with van der Waals surface area (Å²) in [5, 5.41) is 5.64. The van der Waals surface area contributed by atoms with Gasteiger partial charge in [-0.15, -0.1) is 0 Å². The van der Waals surface area contributed by atoms with Crippen molar-refractivity contribution in [3.63, 3.8) is 0 Å². The molecule has 8 nitrogen and oxygen atoms in total. The molecule has 28 heavy (non-hydrogen) atoms. The van der Waals surface area contributed by atoms with Gasteiger partial charge < -0.3 is 15.4 Å². The van der Waals surface area contributed by atoms with Crippen molar-refractivity contribution in [3.8, 4) is 5.75 Å². The number of carbonyl (C=O) groups is 2. The summed E-state index contributed by atoms with van der Waals surface area (Å²) in [4.78, 5) is 24.3. The molecule has 1 saturated heterocycles. The van der Waals surface area contributed by atoms with Gasteiger partial charge in [-0.25, -0.2) is 8.42 Å². The van der Waals surface area contributed by atoms with Crippen molar-refractivity contribution in [2.45, 2.75) is 43.0 Å². The van der Waals surface area contributed by atoms with Gasteiger partial charge in [0.05, 0.1) is 17.9 Å². The fourth-order valence-corrected chi connectivity index (χ4v) is 4.77. The lowest BCUT2D eigenvalue weighted by Crippen LogP contribution is -2.45. The second-order valence-corrected chi connectivity index (χ2v) is 9.20. The second kappa shape index (κ2) is 8.91. The number of piperidine rings is 1. The first-order valence-electron chi connectivity index (χ1n) is 9.61. The van der Waals surface area contributed by atoms with Crippen LogP contribution in [0.4, 0.5) is 0 Å². The minimum absolute atomic E-state index is 0.0600. The standard InChI is InChI=1S/C19H27N3O5S/c1-27-16-6-8-17(9-7-16)28(25,26)22-12-2-3-14(13-22)19(24)20-11-10-18(23)21-15-4-5-15/h6-9,14-15H,2-5,10-13H2,1H3,(H,20,24)(H,21,23)/t14-/m0/s1. The molecule has 0 spiro atoms. The number of carbonyl (C=O) groups excluding carboxylic acids is 2. The molecule has 2 amide bonds. The molecule has 0 bridgehead atoms. The zero-order valence-electron chi connectivity index (χ0n) is 16.0. The van der Waals surface area contributed by atoms with Crippen LogP contribution in [0.15, 0.2) is 29.2 Å². The van der Waals surface area contributed by atoms with Crippen molar-refractivity contribution in [2.75, 3.05) is 26.7 Å². The van der Waals surface area contributed by atoms with E-state index in [0.717, 1.165) is 12.8 Å². The number of benzene rings is 1. The van der Waals surface area contributed by atoms with Gasteiger partial charge in [0.2, 0.25) is 21.8 Å². The van der Waals surface area contributed by atoms with Gasteiger partial charge in [0.15, 0.2) is 0 Å². The van der Waals surface area contributed by atoms with Gasteiger partial charge in [-0.2, -0.15) is 4.31 Å². The molecule has 1 aliphatic carbocycles. The number of methoxy groups -OCH3 is 1. The van der Waals surface area contributed by atoms with Crippen molar-refractivity contribution >= 4 is 21.8 Å². The largest absolute Gasteiger partial charge is 0.497 e. The van der Waals surface area contributed by atoms with Crippen molar-refractivity contribution in [3.05, 3.63) is 24.3 Å². The van der Waals surface area contributed by atoms with Crippen molar-refractivity contribution in [2.24, 2.45) is 5.92 Å². The summed E-state index contributed by atoms with van der Waals surface area (Å²) in [5.74, 6) is -0.0853. The van der Waals surface area contributed by atoms with Gasteiger partial charge >= 0.3 is 0 Å². The smallest absolute Gasteiger partial charge is 0.243 e. The molecule has 1 heterocycles. The van der Waals surface area contributed by atoms with Crippen LogP contribution in [0.1, 0.15) is 32.1 Å². The van der Waals surface area contributed by atoms with Crippen LogP contribution >= 0.6 is 0 Å². The molecule has 1 aromatic carbocycles. The predicted molar refractivity (Wildman–Crippen MR) is 103 cm³/mol. The SMILES string of the molecule is COc1ccc(S(=O)(=O)N2CCC[C@H](C(=O)NCCC(=O)NC3CC3)C2)cc1. The van der Waals surface area contributed by atoms with Crippen LogP contribution in [0, 0.1) is 5.92 Å². The molecular formula is C19H27N3O5S. The summed E-state index contributed by atoms with van der Waals surface area (Å²) in [6.45, 7) is 0.801. The van der Waals surface area contributed by atoms with Crippen LogP contribution in [0.5, 0.6) is 5.75 Å². The number of sulfonamides is 1. The normalized spacial score (nSPS) is 20.4. The second-order valence-electron chi connectivity index (χ2n) is 7.26. The van der Waals surface area contributed by atoms with Gasteiger partial charge in [0.25, 0.3) is 0 Å². The van der Waals surface area contributed by atoms with Crippen LogP contribution in [0.3, 0.4) is 0 Å². The molecule has 0 aromatic heterocycles. The molecule has 1 aliphatic heterocycles. The number of hydrogen-bond acceptors (Lipinski definition) is 5. The Bertz CT molecular complexity index is 805. The number of amides is 2. The first kappa shape index (κ1) is 20.6. The summed E-state index contributed by atoms with van der Waals surface area (Å²) >= 11 is 0. The highest BCUT2D eigenvalue weighted by Gasteiger charge is 2.33. The summed E-state index contributed by atoms with van der Waals surface area (Å²) in [6, 6.07) is 6.53. The van der Waals surface area contributed by atoms with E-state index in [2.05, 4.69) is 10.6 Å². The highest BCUT2D eigenvalue weighted by molar-refractivity contribution is 7.89. The van der Waals surface area contributed by atoms with E-state index >= 15 is 0 Å². The molecule has 2 aliphatic rings. The molecule has 154 valence electrons. The van der Waals surface area contributed by atoms with E-state index in [1.165, 1.54) is 23.5 Å². The molecule has 2 N–H and O–H groups in total. The Labute approximate surface area is 165 Å². The average molecular weight is 410 g/mol. The highest BCUT2D eigenvalue weighted by Crippen LogP contribution is 2.25. The highest BCUT2D eigenvalue weighted by atomic mass is 32.2. The van der Waals surface area contributed by atoms with Crippen LogP contribution in [0.25, 0.3) is 0 Å². The van der Waals surface area contributed by atoms with E-state index in [9.17, 15) is 18.0 Å². The van der Waals surface area contributed by atoms with Gasteiger partial charge in [-0.1, -0.05) is 0 Å². The lowest BCUT2D eigenvalue weighted by atomic mass is 9.99. The molecular weight excluding hydrogens is 382 g/mol. The van der Waals surface area contributed by atoms with Crippen LogP contribution in [-0.4, -0.2) is 57.3 Å². The first-order valence-corrected chi connectivity index (χ1v) is 11.1. The van der Waals surface area contributed by atoms with E-state index in [1.54, 1.807) is 12.1 Å². The maximum absolute atomic E-state index is 12.9. The zero-order chi connectivity index (χ0) is 20.1. The van der Waals surface area contributed by atoms with Gasteiger partial charge in [-0.3, -0.25) is 9.59 Å². The summed E-state index contributed by atoms with van der Waals surface area (Å²) in [5.41, 5.74) is 0. The van der Waals surface area contributed by atoms with Gasteiger partial charge in [0.1, 0.15) is 5.75 Å². The van der Waals surface area contributed by atoms with Gasteiger partial charge in [0, 0.05) is 32.1 Å². The Kier molecular flexibility index (Phi) is 6.56. The van der Waals surface area contributed by atoms with E-state index in [4.69, 9.17) is 4.74 Å². The predicted octanol–water partition coefficient (Wildman–Crippen LogP) is 0.881. The third-order valence-corrected chi connectivity index (χ3v) is 6.93. The Hall–Kier alpha value is -2.13. The molecule has 0 radical (unpaired) electrons.